The number of hydrogen-bond donors (Lipinski definition) is 0. The van der Waals surface area contributed by atoms with Crippen molar-refractivity contribution >= 4 is 44.6 Å². The van der Waals surface area contributed by atoms with Gasteiger partial charge in [0.2, 0.25) is 0 Å². The smallest absolute Gasteiger partial charge is 0.135 e. The van der Waals surface area contributed by atoms with E-state index in [2.05, 4.69) is 211 Å². The Kier molecular flexibility index (Phi) is 10.6. The summed E-state index contributed by atoms with van der Waals surface area (Å²) >= 11 is 0. The van der Waals surface area contributed by atoms with Gasteiger partial charge in [-0.25, -0.2) is 4.98 Å². The van der Waals surface area contributed by atoms with Crippen molar-refractivity contribution in [2.24, 2.45) is 0 Å². The van der Waals surface area contributed by atoms with Crippen LogP contribution in [0.25, 0.3) is 38.8 Å². The van der Waals surface area contributed by atoms with Gasteiger partial charge in [0.1, 0.15) is 5.82 Å². The molecule has 0 spiro atoms. The topological polar surface area (TPSA) is 33.5 Å². The van der Waals surface area contributed by atoms with Crippen LogP contribution in [0.4, 0.5) is 22.7 Å². The third kappa shape index (κ3) is 7.77. The van der Waals surface area contributed by atoms with Crippen LogP contribution in [0.3, 0.4) is 0 Å². The van der Waals surface area contributed by atoms with Crippen LogP contribution in [0.2, 0.25) is 0 Å². The molecule has 60 heavy (non-hydrogen) atoms. The molecule has 0 amide bonds. The Balaban J connectivity index is 0.00000499. The van der Waals surface area contributed by atoms with E-state index in [9.17, 15) is 0 Å². The number of para-hydroxylation sites is 2. The van der Waals surface area contributed by atoms with Crippen LogP contribution >= 0.6 is 0 Å². The zero-order valence-corrected chi connectivity index (χ0v) is 38.1. The van der Waals surface area contributed by atoms with Gasteiger partial charge < -0.3 is 19.1 Å². The largest absolute Gasteiger partial charge is 0.509 e. The zero-order valence-electron chi connectivity index (χ0n) is 35.9. The molecule has 0 saturated carbocycles. The van der Waals surface area contributed by atoms with E-state index in [1.54, 1.807) is 0 Å². The van der Waals surface area contributed by atoms with E-state index in [0.717, 1.165) is 55.9 Å². The van der Waals surface area contributed by atoms with Crippen molar-refractivity contribution < 1.29 is 25.8 Å². The van der Waals surface area contributed by atoms with E-state index in [-0.39, 0.29) is 37.3 Å². The number of nitrogens with zero attached hydrogens (tertiary/aromatic N) is 4. The van der Waals surface area contributed by atoms with Crippen molar-refractivity contribution in [1.29, 1.82) is 0 Å². The molecule has 306 valence electrons. The van der Waals surface area contributed by atoms with Crippen LogP contribution in [0.1, 0.15) is 79.0 Å². The predicted octanol–water partition coefficient (Wildman–Crippen LogP) is 14.5. The van der Waals surface area contributed by atoms with E-state index in [1.807, 2.05) is 24.4 Å². The van der Waals surface area contributed by atoms with Crippen molar-refractivity contribution in [2.45, 2.75) is 78.6 Å². The average molecular weight is 967 g/mol. The summed E-state index contributed by atoms with van der Waals surface area (Å²) in [6.07, 6.45) is 1.91. The first-order valence-electron chi connectivity index (χ1n) is 20.5. The number of hydrogen-bond acceptors (Lipinski definition) is 4. The van der Waals surface area contributed by atoms with Gasteiger partial charge >= 0.3 is 0 Å². The van der Waals surface area contributed by atoms with Gasteiger partial charge in [-0.3, -0.25) is 0 Å². The van der Waals surface area contributed by atoms with Gasteiger partial charge in [-0.15, -0.1) is 48.1 Å². The maximum atomic E-state index is 6.65. The van der Waals surface area contributed by atoms with Crippen LogP contribution in [0, 0.1) is 18.8 Å². The third-order valence-electron chi connectivity index (χ3n) is 11.4. The van der Waals surface area contributed by atoms with Gasteiger partial charge in [-0.2, -0.15) is 12.1 Å². The van der Waals surface area contributed by atoms with Gasteiger partial charge in [-0.05, 0) is 91.9 Å². The summed E-state index contributed by atoms with van der Waals surface area (Å²) in [5.41, 5.74) is 12.3. The molecular formula is C54H51N4OPt-3. The molecule has 0 N–H and O–H groups in total. The first-order chi connectivity index (χ1) is 28.1. The zero-order chi connectivity index (χ0) is 41.3. The summed E-state index contributed by atoms with van der Waals surface area (Å²) in [6.45, 7) is 22.6. The van der Waals surface area contributed by atoms with Gasteiger partial charge in [0.15, 0.2) is 0 Å². The molecule has 5 nitrogen and oxygen atoms in total. The van der Waals surface area contributed by atoms with Crippen molar-refractivity contribution in [3.63, 3.8) is 0 Å². The maximum absolute atomic E-state index is 6.65. The summed E-state index contributed by atoms with van der Waals surface area (Å²) in [4.78, 5) is 9.41. The molecule has 0 radical (unpaired) electrons. The number of anilines is 4. The van der Waals surface area contributed by atoms with E-state index in [1.165, 1.54) is 22.3 Å². The minimum absolute atomic E-state index is 0. The molecule has 1 aliphatic rings. The van der Waals surface area contributed by atoms with E-state index < -0.39 is 0 Å². The summed E-state index contributed by atoms with van der Waals surface area (Å²) < 4.78 is 8.87. The van der Waals surface area contributed by atoms with Crippen LogP contribution in [0.15, 0.2) is 140 Å². The second-order valence-corrected chi connectivity index (χ2v) is 18.8. The molecule has 0 unspecified atom stereocenters. The molecule has 3 heterocycles. The van der Waals surface area contributed by atoms with Gasteiger partial charge in [0.05, 0.1) is 0 Å². The fourth-order valence-electron chi connectivity index (χ4n) is 7.92. The quantitative estimate of drug-likeness (QED) is 0.156. The van der Waals surface area contributed by atoms with Crippen molar-refractivity contribution in [3.05, 3.63) is 175 Å². The Labute approximate surface area is 369 Å². The molecule has 1 aliphatic heterocycles. The van der Waals surface area contributed by atoms with E-state index in [4.69, 9.17) is 9.72 Å². The number of rotatable bonds is 6. The van der Waals surface area contributed by atoms with Crippen LogP contribution in [-0.2, 0) is 37.3 Å². The second kappa shape index (κ2) is 15.4. The standard InChI is InChI=1S/C54H51N4O.Pt/c1-52(2,3)38-26-27-55-51(32-38)58-47-25-22-37(36-16-11-10-12-17-36)28-46(47)45-24-23-44(34-50(45)58)59-43-19-15-18-41(33-43)56-35-57(49-21-14-13-20-48(49)56)42-30-39(53(4,5)6)29-40(31-42)54(7,8)9;/h10-32,35H,1-9H3;/q-3;. The Morgan fingerprint density at radius 3 is 1.87 bits per heavy atom. The first-order valence-corrected chi connectivity index (χ1v) is 20.5. The minimum atomic E-state index is -0.0358. The van der Waals surface area contributed by atoms with Crippen molar-refractivity contribution in [2.75, 3.05) is 9.80 Å². The van der Waals surface area contributed by atoms with Crippen LogP contribution < -0.4 is 14.5 Å². The maximum Gasteiger partial charge on any atom is 0.135 e. The molecule has 0 atom stereocenters. The fourth-order valence-corrected chi connectivity index (χ4v) is 7.92. The summed E-state index contributed by atoms with van der Waals surface area (Å²) in [5.74, 6) is 2.06. The SMILES string of the molecule is CC(C)(C)c1cc(N2[CH-]N(c3[c-]c(Oc4[c-]c5c(cc4)c4cc(-c6ccccc6)ccc4n5-c4cc(C(C)(C)C)ccn4)ccc3)c3ccccc32)cc(C(C)(C)C)c1.[Pt]. The van der Waals surface area contributed by atoms with Crippen molar-refractivity contribution in [3.8, 4) is 28.4 Å². The molecule has 0 saturated heterocycles. The first kappa shape index (κ1) is 41.1. The molecule has 2 aromatic heterocycles. The number of aromatic nitrogens is 2. The fraction of sp³-hybridized carbons (Fsp3) is 0.222. The normalized spacial score (nSPS) is 13.2. The predicted molar refractivity (Wildman–Crippen MR) is 246 cm³/mol. The van der Waals surface area contributed by atoms with Crippen LogP contribution in [0.5, 0.6) is 11.5 Å². The molecule has 0 fully saturated rings. The molecule has 8 aromatic rings. The molecule has 0 aliphatic carbocycles. The number of benzene rings is 6. The van der Waals surface area contributed by atoms with Gasteiger partial charge in [-0.1, -0.05) is 128 Å². The molecule has 6 aromatic carbocycles. The second-order valence-electron chi connectivity index (χ2n) is 18.8. The molecule has 6 heteroatoms. The Bertz CT molecular complexity index is 2820. The monoisotopic (exact) mass is 966 g/mol. The Hall–Kier alpha value is -5.64. The number of fused-ring (bicyclic) bond motifs is 4. The minimum Gasteiger partial charge on any atom is -0.509 e. The number of pyridine rings is 1. The molecule has 9 rings (SSSR count). The van der Waals surface area contributed by atoms with Crippen LogP contribution in [-0.4, -0.2) is 9.55 Å². The Morgan fingerprint density at radius 2 is 1.18 bits per heavy atom. The number of ether oxygens (including phenoxy) is 1. The van der Waals surface area contributed by atoms with Gasteiger partial charge in [0.25, 0.3) is 0 Å². The van der Waals surface area contributed by atoms with E-state index in [0.29, 0.717) is 11.5 Å². The molecule has 0 bridgehead atoms. The molecular weight excluding hydrogens is 916 g/mol. The Morgan fingerprint density at radius 1 is 0.533 bits per heavy atom. The van der Waals surface area contributed by atoms with Gasteiger partial charge in [0, 0.05) is 61.3 Å². The van der Waals surface area contributed by atoms with E-state index >= 15 is 0 Å². The van der Waals surface area contributed by atoms with Crippen molar-refractivity contribution in [1.82, 2.24) is 9.55 Å². The summed E-state index contributed by atoms with van der Waals surface area (Å²) in [6, 6.07) is 54.6. The summed E-state index contributed by atoms with van der Waals surface area (Å²) in [7, 11) is 0. The third-order valence-corrected chi connectivity index (χ3v) is 11.4. The summed E-state index contributed by atoms with van der Waals surface area (Å²) in [5, 5.41) is 2.22. The average Bonchev–Trinajstić information content (AvgIpc) is 3.76.